The Kier molecular flexibility index (Phi) is 7.72. The third-order valence-corrected chi connectivity index (χ3v) is 7.18. The Morgan fingerprint density at radius 1 is 1.00 bits per heavy atom. The van der Waals surface area contributed by atoms with Crippen molar-refractivity contribution in [2.45, 2.75) is 39.7 Å². The standard InChI is InChI=1S/C23H33N3O4S/c1-15(2)20-14-21(16(3)13-22(20)30-8)17(4)24-23(27)18-9-11-19(12-10-18)26(7)31(28,29)25(5)6/h9-15,17H,1-8H3,(H,24,27)/t17-/m0/s1. The van der Waals surface area contributed by atoms with Crippen LogP contribution in [0.15, 0.2) is 36.4 Å². The van der Waals surface area contributed by atoms with Crippen molar-refractivity contribution in [3.8, 4) is 5.75 Å². The molecule has 0 aliphatic carbocycles. The van der Waals surface area contributed by atoms with Gasteiger partial charge in [0.15, 0.2) is 0 Å². The minimum absolute atomic E-state index is 0.202. The number of ether oxygens (including phenoxy) is 1. The highest BCUT2D eigenvalue weighted by Crippen LogP contribution is 2.32. The summed E-state index contributed by atoms with van der Waals surface area (Å²) in [6.45, 7) is 8.16. The molecule has 31 heavy (non-hydrogen) atoms. The third-order valence-electron chi connectivity index (χ3n) is 5.36. The first-order valence-electron chi connectivity index (χ1n) is 10.2. The van der Waals surface area contributed by atoms with Gasteiger partial charge in [0, 0.05) is 26.7 Å². The number of nitrogens with zero attached hydrogens (tertiary/aromatic N) is 2. The third kappa shape index (κ3) is 5.37. The van der Waals surface area contributed by atoms with Crippen LogP contribution in [0.5, 0.6) is 5.75 Å². The summed E-state index contributed by atoms with van der Waals surface area (Å²) in [5, 5.41) is 3.03. The van der Waals surface area contributed by atoms with Crippen LogP contribution in [0, 0.1) is 6.92 Å². The second-order valence-electron chi connectivity index (χ2n) is 8.11. The van der Waals surface area contributed by atoms with Crippen LogP contribution in [-0.4, -0.2) is 46.9 Å². The van der Waals surface area contributed by atoms with E-state index >= 15 is 0 Å². The summed E-state index contributed by atoms with van der Waals surface area (Å²) in [6, 6.07) is 10.4. The Bertz CT molecular complexity index is 1030. The lowest BCUT2D eigenvalue weighted by Gasteiger charge is -2.23. The molecule has 0 radical (unpaired) electrons. The van der Waals surface area contributed by atoms with Gasteiger partial charge in [-0.25, -0.2) is 0 Å². The molecule has 0 saturated heterocycles. The lowest BCUT2D eigenvalue weighted by Crippen LogP contribution is -2.37. The molecule has 2 aromatic carbocycles. The molecule has 0 unspecified atom stereocenters. The van der Waals surface area contributed by atoms with Gasteiger partial charge in [0.25, 0.3) is 5.91 Å². The van der Waals surface area contributed by atoms with E-state index in [4.69, 9.17) is 4.74 Å². The van der Waals surface area contributed by atoms with Crippen LogP contribution in [0.25, 0.3) is 0 Å². The highest BCUT2D eigenvalue weighted by molar-refractivity contribution is 7.90. The van der Waals surface area contributed by atoms with Gasteiger partial charge in [-0.3, -0.25) is 9.10 Å². The predicted octanol–water partition coefficient (Wildman–Crippen LogP) is 3.86. The molecule has 1 amide bonds. The highest BCUT2D eigenvalue weighted by atomic mass is 32.2. The maximum atomic E-state index is 12.8. The number of hydrogen-bond acceptors (Lipinski definition) is 4. The number of amides is 1. The van der Waals surface area contributed by atoms with Crippen molar-refractivity contribution < 1.29 is 17.9 Å². The van der Waals surface area contributed by atoms with Gasteiger partial charge < -0.3 is 10.1 Å². The summed E-state index contributed by atoms with van der Waals surface area (Å²) in [5.74, 6) is 0.917. The van der Waals surface area contributed by atoms with Gasteiger partial charge in [-0.05, 0) is 72.9 Å². The first-order chi connectivity index (χ1) is 14.4. The number of nitrogens with one attached hydrogen (secondary N) is 1. The fraction of sp³-hybridized carbons (Fsp3) is 0.435. The quantitative estimate of drug-likeness (QED) is 0.666. The van der Waals surface area contributed by atoms with Crippen LogP contribution in [0.2, 0.25) is 0 Å². The molecule has 1 atom stereocenters. The van der Waals surface area contributed by atoms with Crippen molar-refractivity contribution in [1.82, 2.24) is 9.62 Å². The zero-order valence-corrected chi connectivity index (χ0v) is 20.4. The number of benzene rings is 2. The number of aryl methyl sites for hydroxylation is 1. The van der Waals surface area contributed by atoms with E-state index in [0.717, 1.165) is 26.7 Å². The van der Waals surface area contributed by atoms with Crippen molar-refractivity contribution in [1.29, 1.82) is 0 Å². The van der Waals surface area contributed by atoms with E-state index in [1.54, 1.807) is 31.4 Å². The van der Waals surface area contributed by atoms with Crippen molar-refractivity contribution in [2.75, 3.05) is 32.6 Å². The van der Waals surface area contributed by atoms with Gasteiger partial charge in [0.05, 0.1) is 18.8 Å². The predicted molar refractivity (Wildman–Crippen MR) is 125 cm³/mol. The molecule has 8 heteroatoms. The molecule has 0 bridgehead atoms. The smallest absolute Gasteiger partial charge is 0.303 e. The van der Waals surface area contributed by atoms with E-state index in [0.29, 0.717) is 17.2 Å². The summed E-state index contributed by atoms with van der Waals surface area (Å²) in [5.41, 5.74) is 4.11. The lowest BCUT2D eigenvalue weighted by molar-refractivity contribution is 0.0940. The van der Waals surface area contributed by atoms with Gasteiger partial charge in [-0.1, -0.05) is 13.8 Å². The van der Waals surface area contributed by atoms with E-state index in [-0.39, 0.29) is 11.9 Å². The molecule has 0 aliphatic rings. The van der Waals surface area contributed by atoms with Crippen molar-refractivity contribution in [2.24, 2.45) is 0 Å². The van der Waals surface area contributed by atoms with Crippen molar-refractivity contribution >= 4 is 21.8 Å². The van der Waals surface area contributed by atoms with Crippen LogP contribution in [0.4, 0.5) is 5.69 Å². The minimum atomic E-state index is -3.58. The van der Waals surface area contributed by atoms with E-state index in [1.165, 1.54) is 25.4 Å². The molecule has 0 saturated carbocycles. The second-order valence-corrected chi connectivity index (χ2v) is 10.3. The average molecular weight is 448 g/mol. The van der Waals surface area contributed by atoms with Crippen LogP contribution < -0.4 is 14.4 Å². The number of rotatable bonds is 8. The normalized spacial score (nSPS) is 12.7. The van der Waals surface area contributed by atoms with E-state index in [2.05, 4.69) is 25.2 Å². The van der Waals surface area contributed by atoms with Crippen LogP contribution >= 0.6 is 0 Å². The molecular weight excluding hydrogens is 414 g/mol. The maximum absolute atomic E-state index is 12.8. The zero-order valence-electron chi connectivity index (χ0n) is 19.6. The molecule has 2 aromatic rings. The topological polar surface area (TPSA) is 79.0 Å². The van der Waals surface area contributed by atoms with E-state index in [1.807, 2.05) is 19.9 Å². The Balaban J connectivity index is 2.21. The number of anilines is 1. The molecule has 2 rings (SSSR count). The van der Waals surface area contributed by atoms with Crippen molar-refractivity contribution in [3.05, 3.63) is 58.7 Å². The fourth-order valence-electron chi connectivity index (χ4n) is 3.37. The molecule has 7 nitrogen and oxygen atoms in total. The Morgan fingerprint density at radius 2 is 1.58 bits per heavy atom. The Labute approximate surface area is 186 Å². The monoisotopic (exact) mass is 447 g/mol. The number of carbonyl (C=O) groups excluding carboxylic acids is 1. The zero-order chi connectivity index (χ0) is 23.5. The lowest BCUT2D eigenvalue weighted by atomic mass is 9.93. The largest absolute Gasteiger partial charge is 0.496 e. The minimum Gasteiger partial charge on any atom is -0.496 e. The second kappa shape index (κ2) is 9.70. The number of carbonyl (C=O) groups is 1. The summed E-state index contributed by atoms with van der Waals surface area (Å²) in [6.07, 6.45) is 0. The summed E-state index contributed by atoms with van der Waals surface area (Å²) < 4.78 is 32.4. The molecule has 1 N–H and O–H groups in total. The summed E-state index contributed by atoms with van der Waals surface area (Å²) >= 11 is 0. The van der Waals surface area contributed by atoms with Crippen LogP contribution in [0.3, 0.4) is 0 Å². The molecule has 0 spiro atoms. The molecule has 0 aromatic heterocycles. The number of methoxy groups -OCH3 is 1. The van der Waals surface area contributed by atoms with Gasteiger partial charge in [-0.15, -0.1) is 0 Å². The van der Waals surface area contributed by atoms with Crippen LogP contribution in [-0.2, 0) is 10.2 Å². The Hall–Kier alpha value is -2.58. The first kappa shape index (κ1) is 24.7. The Morgan fingerprint density at radius 3 is 2.06 bits per heavy atom. The first-order valence-corrected chi connectivity index (χ1v) is 11.6. The van der Waals surface area contributed by atoms with Gasteiger partial charge >= 0.3 is 10.2 Å². The summed E-state index contributed by atoms with van der Waals surface area (Å²) in [4.78, 5) is 12.8. The average Bonchev–Trinajstić information content (AvgIpc) is 2.72. The fourth-order valence-corrected chi connectivity index (χ4v) is 4.25. The SMILES string of the molecule is COc1cc(C)c([C@H](C)NC(=O)c2ccc(N(C)S(=O)(=O)N(C)C)cc2)cc1C(C)C. The van der Waals surface area contributed by atoms with Crippen LogP contribution in [0.1, 0.15) is 59.8 Å². The van der Waals surface area contributed by atoms with E-state index < -0.39 is 10.2 Å². The molecular formula is C23H33N3O4S. The summed E-state index contributed by atoms with van der Waals surface area (Å²) in [7, 11) is 2.50. The molecule has 0 aliphatic heterocycles. The van der Waals surface area contributed by atoms with Gasteiger partial charge in [0.2, 0.25) is 0 Å². The maximum Gasteiger partial charge on any atom is 0.303 e. The van der Waals surface area contributed by atoms with Crippen molar-refractivity contribution in [3.63, 3.8) is 0 Å². The molecule has 0 fully saturated rings. The van der Waals surface area contributed by atoms with E-state index in [9.17, 15) is 13.2 Å². The van der Waals surface area contributed by atoms with Gasteiger partial charge in [-0.2, -0.15) is 12.7 Å². The number of hydrogen-bond donors (Lipinski definition) is 1. The highest BCUT2D eigenvalue weighted by Gasteiger charge is 2.22. The van der Waals surface area contributed by atoms with Gasteiger partial charge in [0.1, 0.15) is 5.75 Å². The molecule has 0 heterocycles. The molecule has 170 valence electrons.